The highest BCUT2D eigenvalue weighted by Gasteiger charge is 2.37. The number of aliphatic carboxylic acids is 1. The highest BCUT2D eigenvalue weighted by atomic mass is 16.4. The molecular formula is C9H16O3. The maximum atomic E-state index is 10.3. The number of hydrogen-bond acceptors (Lipinski definition) is 2. The monoisotopic (exact) mass is 172 g/mol. The summed E-state index contributed by atoms with van der Waals surface area (Å²) in [5.41, 5.74) is 0.364. The van der Waals surface area contributed by atoms with Crippen LogP contribution in [-0.2, 0) is 4.79 Å². The second-order valence-electron chi connectivity index (χ2n) is 4.53. The van der Waals surface area contributed by atoms with Gasteiger partial charge in [-0.2, -0.15) is 0 Å². The van der Waals surface area contributed by atoms with Crippen molar-refractivity contribution in [3.05, 3.63) is 0 Å². The Morgan fingerprint density at radius 1 is 1.58 bits per heavy atom. The molecule has 0 heterocycles. The molecule has 0 amide bonds. The van der Waals surface area contributed by atoms with Gasteiger partial charge in [0.05, 0.1) is 0 Å². The quantitative estimate of drug-likeness (QED) is 0.673. The molecule has 1 unspecified atom stereocenters. The predicted octanol–water partition coefficient (Wildman–Crippen LogP) is 1.26. The third kappa shape index (κ3) is 2.21. The van der Waals surface area contributed by atoms with Crippen LogP contribution in [0.15, 0.2) is 0 Å². The van der Waals surface area contributed by atoms with Gasteiger partial charge in [0.2, 0.25) is 0 Å². The van der Waals surface area contributed by atoms with Gasteiger partial charge in [-0.05, 0) is 30.6 Å². The van der Waals surface area contributed by atoms with Crippen molar-refractivity contribution < 1.29 is 15.0 Å². The van der Waals surface area contributed by atoms with Gasteiger partial charge < -0.3 is 10.2 Å². The average Bonchev–Trinajstić information content (AvgIpc) is 1.83. The Hall–Kier alpha value is -0.570. The van der Waals surface area contributed by atoms with Crippen molar-refractivity contribution in [1.82, 2.24) is 0 Å². The Morgan fingerprint density at radius 2 is 2.08 bits per heavy atom. The van der Waals surface area contributed by atoms with Gasteiger partial charge in [0.15, 0.2) is 6.10 Å². The van der Waals surface area contributed by atoms with Crippen LogP contribution in [0.25, 0.3) is 0 Å². The molecular weight excluding hydrogens is 156 g/mol. The van der Waals surface area contributed by atoms with E-state index in [1.165, 1.54) is 0 Å². The molecule has 0 aromatic heterocycles. The van der Waals surface area contributed by atoms with Gasteiger partial charge in [-0.25, -0.2) is 4.79 Å². The van der Waals surface area contributed by atoms with Crippen LogP contribution < -0.4 is 0 Å². The summed E-state index contributed by atoms with van der Waals surface area (Å²) in [6, 6.07) is 0. The summed E-state index contributed by atoms with van der Waals surface area (Å²) in [7, 11) is 0. The van der Waals surface area contributed by atoms with E-state index in [0.717, 1.165) is 12.8 Å². The zero-order chi connectivity index (χ0) is 9.35. The molecule has 1 aliphatic carbocycles. The van der Waals surface area contributed by atoms with E-state index in [-0.39, 0.29) is 0 Å². The van der Waals surface area contributed by atoms with Crippen LogP contribution in [0.2, 0.25) is 0 Å². The topological polar surface area (TPSA) is 57.5 Å². The number of aliphatic hydroxyl groups excluding tert-OH is 1. The standard InChI is InChI=1S/C9H16O3/c1-9(2)4-6(5-9)3-7(10)8(11)12/h6-7,10H,3-5H2,1-2H3,(H,11,12). The van der Waals surface area contributed by atoms with E-state index in [9.17, 15) is 4.79 Å². The normalized spacial score (nSPS) is 24.6. The van der Waals surface area contributed by atoms with E-state index in [4.69, 9.17) is 10.2 Å². The largest absolute Gasteiger partial charge is 0.479 e. The Kier molecular flexibility index (Phi) is 2.42. The molecule has 1 fully saturated rings. The molecule has 0 aliphatic heterocycles. The van der Waals surface area contributed by atoms with Crippen molar-refractivity contribution in [2.45, 2.75) is 39.2 Å². The SMILES string of the molecule is CC1(C)CC(CC(O)C(=O)O)C1. The molecule has 0 bridgehead atoms. The van der Waals surface area contributed by atoms with Crippen molar-refractivity contribution in [1.29, 1.82) is 0 Å². The minimum Gasteiger partial charge on any atom is -0.479 e. The minimum absolute atomic E-state index is 0.364. The van der Waals surface area contributed by atoms with Crippen LogP contribution >= 0.6 is 0 Å². The maximum Gasteiger partial charge on any atom is 0.332 e. The molecule has 2 N–H and O–H groups in total. The Morgan fingerprint density at radius 3 is 2.42 bits per heavy atom. The smallest absolute Gasteiger partial charge is 0.332 e. The van der Waals surface area contributed by atoms with E-state index in [1.54, 1.807) is 0 Å². The minimum atomic E-state index is -1.16. The summed E-state index contributed by atoms with van der Waals surface area (Å²) in [4.78, 5) is 10.3. The van der Waals surface area contributed by atoms with Crippen LogP contribution in [0.1, 0.15) is 33.1 Å². The number of hydrogen-bond donors (Lipinski definition) is 2. The molecule has 0 aromatic carbocycles. The van der Waals surface area contributed by atoms with E-state index < -0.39 is 12.1 Å². The third-order valence-electron chi connectivity index (χ3n) is 2.52. The molecule has 3 nitrogen and oxygen atoms in total. The molecule has 3 heteroatoms. The van der Waals surface area contributed by atoms with Crippen molar-refractivity contribution >= 4 is 5.97 Å². The average molecular weight is 172 g/mol. The first-order valence-corrected chi connectivity index (χ1v) is 4.31. The first-order valence-electron chi connectivity index (χ1n) is 4.31. The molecule has 12 heavy (non-hydrogen) atoms. The molecule has 70 valence electrons. The number of aliphatic hydroxyl groups is 1. The van der Waals surface area contributed by atoms with E-state index in [1.807, 2.05) is 0 Å². The summed E-state index contributed by atoms with van der Waals surface area (Å²) in [6.07, 6.45) is 1.33. The lowest BCUT2D eigenvalue weighted by molar-refractivity contribution is -0.148. The molecule has 0 aromatic rings. The van der Waals surface area contributed by atoms with Gasteiger partial charge in [-0.1, -0.05) is 13.8 Å². The fraction of sp³-hybridized carbons (Fsp3) is 0.889. The molecule has 1 atom stereocenters. The summed E-state index contributed by atoms with van der Waals surface area (Å²) in [5.74, 6) is -0.689. The predicted molar refractivity (Wildman–Crippen MR) is 44.8 cm³/mol. The summed E-state index contributed by atoms with van der Waals surface area (Å²) >= 11 is 0. The van der Waals surface area contributed by atoms with Crippen LogP contribution in [0.4, 0.5) is 0 Å². The molecule has 1 aliphatic rings. The van der Waals surface area contributed by atoms with Gasteiger partial charge in [-0.15, -0.1) is 0 Å². The molecule has 1 saturated carbocycles. The third-order valence-corrected chi connectivity index (χ3v) is 2.52. The van der Waals surface area contributed by atoms with Gasteiger partial charge in [-0.3, -0.25) is 0 Å². The second-order valence-corrected chi connectivity index (χ2v) is 4.53. The molecule has 1 rings (SSSR count). The van der Waals surface area contributed by atoms with Gasteiger partial charge in [0.25, 0.3) is 0 Å². The molecule has 0 radical (unpaired) electrons. The van der Waals surface area contributed by atoms with Crippen molar-refractivity contribution in [2.75, 3.05) is 0 Å². The Balaban J connectivity index is 2.23. The Bertz CT molecular complexity index is 178. The van der Waals surface area contributed by atoms with Gasteiger partial charge >= 0.3 is 5.97 Å². The maximum absolute atomic E-state index is 10.3. The lowest BCUT2D eigenvalue weighted by Crippen LogP contribution is -2.35. The fourth-order valence-corrected chi connectivity index (χ4v) is 2.09. The second kappa shape index (κ2) is 3.05. The van der Waals surface area contributed by atoms with Crippen LogP contribution in [0, 0.1) is 11.3 Å². The highest BCUT2D eigenvalue weighted by molar-refractivity contribution is 5.71. The lowest BCUT2D eigenvalue weighted by atomic mass is 9.63. The first-order chi connectivity index (χ1) is 5.41. The summed E-state index contributed by atoms with van der Waals surface area (Å²) in [5, 5.41) is 17.5. The van der Waals surface area contributed by atoms with Crippen LogP contribution in [0.3, 0.4) is 0 Å². The number of carbonyl (C=O) groups is 1. The van der Waals surface area contributed by atoms with Crippen molar-refractivity contribution in [3.63, 3.8) is 0 Å². The molecule has 0 saturated heterocycles. The van der Waals surface area contributed by atoms with Crippen LogP contribution in [0.5, 0.6) is 0 Å². The number of carboxylic acid groups (broad SMARTS) is 1. The van der Waals surface area contributed by atoms with E-state index in [2.05, 4.69) is 13.8 Å². The Labute approximate surface area is 72.4 Å². The highest BCUT2D eigenvalue weighted by Crippen LogP contribution is 2.46. The fourth-order valence-electron chi connectivity index (χ4n) is 2.09. The summed E-state index contributed by atoms with van der Waals surface area (Å²) < 4.78 is 0. The van der Waals surface area contributed by atoms with Crippen LogP contribution in [-0.4, -0.2) is 22.3 Å². The summed E-state index contributed by atoms with van der Waals surface area (Å²) in [6.45, 7) is 4.33. The zero-order valence-corrected chi connectivity index (χ0v) is 7.58. The van der Waals surface area contributed by atoms with Gasteiger partial charge in [0, 0.05) is 0 Å². The zero-order valence-electron chi connectivity index (χ0n) is 7.58. The first kappa shape index (κ1) is 9.52. The number of rotatable bonds is 3. The van der Waals surface area contributed by atoms with Crippen molar-refractivity contribution in [2.24, 2.45) is 11.3 Å². The van der Waals surface area contributed by atoms with Crippen molar-refractivity contribution in [3.8, 4) is 0 Å². The number of carboxylic acids is 1. The van der Waals surface area contributed by atoms with E-state index in [0.29, 0.717) is 17.8 Å². The van der Waals surface area contributed by atoms with E-state index >= 15 is 0 Å². The van der Waals surface area contributed by atoms with Gasteiger partial charge in [0.1, 0.15) is 0 Å². The molecule has 0 spiro atoms. The lowest BCUT2D eigenvalue weighted by Gasteiger charge is -2.43.